The van der Waals surface area contributed by atoms with Crippen molar-refractivity contribution >= 4 is 25.6 Å². The molecule has 0 atom stereocenters. The Balaban J connectivity index is 1.49. The van der Waals surface area contributed by atoms with Gasteiger partial charge in [-0.1, -0.05) is 19.6 Å². The second-order valence-corrected chi connectivity index (χ2v) is 16.6. The van der Waals surface area contributed by atoms with Gasteiger partial charge < -0.3 is 19.9 Å². The molecule has 0 aliphatic carbocycles. The summed E-state index contributed by atoms with van der Waals surface area (Å²) in [7, 11) is -1.41. The van der Waals surface area contributed by atoms with Crippen molar-refractivity contribution in [3.8, 4) is 0 Å². The summed E-state index contributed by atoms with van der Waals surface area (Å²) in [5, 5.41) is 2.86. The summed E-state index contributed by atoms with van der Waals surface area (Å²) in [6.45, 7) is 7.99. The van der Waals surface area contributed by atoms with E-state index in [9.17, 15) is 35.9 Å². The smallest absolute Gasteiger partial charge is 0.384 e. The molecule has 9 nitrogen and oxygen atoms in total. The predicted octanol–water partition coefficient (Wildman–Crippen LogP) is 4.53. The van der Waals surface area contributed by atoms with Gasteiger partial charge in [0.25, 0.3) is 5.56 Å². The molecule has 0 bridgehead atoms. The molecule has 41 heavy (non-hydrogen) atoms. The van der Waals surface area contributed by atoms with Gasteiger partial charge in [0, 0.05) is 72.4 Å². The summed E-state index contributed by atoms with van der Waals surface area (Å²) in [5.41, 5.74) is -3.35. The Hall–Kier alpha value is -3.14. The van der Waals surface area contributed by atoms with Gasteiger partial charge in [-0.3, -0.25) is 14.2 Å². The normalized spacial score (nSPS) is 14.9. The van der Waals surface area contributed by atoms with Crippen LogP contribution in [0.1, 0.15) is 24.0 Å². The van der Waals surface area contributed by atoms with Crippen molar-refractivity contribution in [1.29, 1.82) is 0 Å². The maximum atomic E-state index is 13.5. The van der Waals surface area contributed by atoms with Crippen LogP contribution in [0.2, 0.25) is 25.7 Å². The quantitative estimate of drug-likeness (QED) is 0.228. The van der Waals surface area contributed by atoms with Gasteiger partial charge in [-0.25, -0.2) is 9.97 Å². The van der Waals surface area contributed by atoms with E-state index in [1.807, 2.05) is 0 Å². The number of nitrogens with zero attached hydrogens (tertiary/aromatic N) is 5. The molecule has 3 rings (SSSR count). The van der Waals surface area contributed by atoms with E-state index in [1.54, 1.807) is 9.80 Å². The van der Waals surface area contributed by atoms with Gasteiger partial charge in [0.15, 0.2) is 0 Å². The lowest BCUT2D eigenvalue weighted by atomic mass is 10.2. The molecule has 1 fully saturated rings. The highest BCUT2D eigenvalue weighted by Gasteiger charge is 2.35. The Labute approximate surface area is 234 Å². The average molecular weight is 609 g/mol. The van der Waals surface area contributed by atoms with Gasteiger partial charge in [-0.2, -0.15) is 26.3 Å². The number of anilines is 2. The molecule has 228 valence electrons. The lowest BCUT2D eigenvalue weighted by molar-refractivity contribution is -0.139. The minimum absolute atomic E-state index is 0.0864. The SMILES string of the molecule is C[Si](C)(C)CCOCn1cc(NCCCC(=O)N2CCN(c3ncc(C(F)(F)F)cn3)CC2)cc(C(F)(F)F)c1=O. The van der Waals surface area contributed by atoms with Gasteiger partial charge in [-0.05, 0) is 18.5 Å². The number of aromatic nitrogens is 3. The number of amides is 1. The Morgan fingerprint density at radius 1 is 1.02 bits per heavy atom. The van der Waals surface area contributed by atoms with Crippen molar-refractivity contribution in [2.24, 2.45) is 0 Å². The van der Waals surface area contributed by atoms with Crippen molar-refractivity contribution in [1.82, 2.24) is 19.4 Å². The van der Waals surface area contributed by atoms with Crippen LogP contribution in [0.5, 0.6) is 0 Å². The van der Waals surface area contributed by atoms with Crippen molar-refractivity contribution in [2.75, 3.05) is 49.5 Å². The number of hydrogen-bond donors (Lipinski definition) is 1. The van der Waals surface area contributed by atoms with E-state index >= 15 is 0 Å². The van der Waals surface area contributed by atoms with Crippen molar-refractivity contribution < 1.29 is 35.9 Å². The van der Waals surface area contributed by atoms with Crippen LogP contribution >= 0.6 is 0 Å². The number of rotatable bonds is 11. The molecule has 0 spiro atoms. The monoisotopic (exact) mass is 608 g/mol. The zero-order valence-corrected chi connectivity index (χ0v) is 24.1. The molecule has 0 unspecified atom stereocenters. The van der Waals surface area contributed by atoms with E-state index in [-0.39, 0.29) is 37.2 Å². The van der Waals surface area contributed by atoms with Crippen LogP contribution in [-0.2, 0) is 28.6 Å². The molecular formula is C25H34F6N6O3Si. The summed E-state index contributed by atoms with van der Waals surface area (Å²) in [5.74, 6) is -0.00754. The number of halogens is 6. The Morgan fingerprint density at radius 3 is 2.22 bits per heavy atom. The molecule has 3 heterocycles. The van der Waals surface area contributed by atoms with Gasteiger partial charge in [-0.15, -0.1) is 0 Å². The molecule has 1 amide bonds. The third-order valence-corrected chi connectivity index (χ3v) is 8.10. The minimum atomic E-state index is -4.83. The largest absolute Gasteiger partial charge is 0.421 e. The fraction of sp³-hybridized carbons (Fsp3) is 0.600. The van der Waals surface area contributed by atoms with Gasteiger partial charge >= 0.3 is 12.4 Å². The summed E-state index contributed by atoms with van der Waals surface area (Å²) in [4.78, 5) is 35.8. The van der Waals surface area contributed by atoms with Crippen LogP contribution in [0.4, 0.5) is 38.0 Å². The molecule has 2 aromatic rings. The van der Waals surface area contributed by atoms with Crippen molar-refractivity contribution in [3.05, 3.63) is 46.1 Å². The Morgan fingerprint density at radius 2 is 1.66 bits per heavy atom. The molecule has 16 heteroatoms. The Bertz CT molecular complexity index is 1220. The molecular weight excluding hydrogens is 574 g/mol. The topological polar surface area (TPSA) is 92.6 Å². The number of alkyl halides is 6. The molecule has 0 saturated carbocycles. The highest BCUT2D eigenvalue weighted by molar-refractivity contribution is 6.76. The van der Waals surface area contributed by atoms with Gasteiger partial charge in [0.1, 0.15) is 12.3 Å². The van der Waals surface area contributed by atoms with E-state index in [0.29, 0.717) is 39.2 Å². The van der Waals surface area contributed by atoms with Crippen LogP contribution < -0.4 is 15.8 Å². The molecule has 0 radical (unpaired) electrons. The maximum absolute atomic E-state index is 13.5. The number of hydrogen-bond acceptors (Lipinski definition) is 7. The first kappa shape index (κ1) is 32.4. The van der Waals surface area contributed by atoms with Gasteiger partial charge in [0.2, 0.25) is 11.9 Å². The first-order valence-electron chi connectivity index (χ1n) is 13.1. The van der Waals surface area contributed by atoms with E-state index in [2.05, 4.69) is 34.9 Å². The lowest BCUT2D eigenvalue weighted by Crippen LogP contribution is -2.49. The fourth-order valence-electron chi connectivity index (χ4n) is 3.99. The highest BCUT2D eigenvalue weighted by Crippen LogP contribution is 2.29. The van der Waals surface area contributed by atoms with Gasteiger partial charge in [0.05, 0.1) is 11.3 Å². The summed E-state index contributed by atoms with van der Waals surface area (Å²) in [6, 6.07) is 1.56. The van der Waals surface area contributed by atoms with Crippen molar-refractivity contribution in [3.63, 3.8) is 0 Å². The molecule has 2 aromatic heterocycles. The molecule has 0 aromatic carbocycles. The van der Waals surface area contributed by atoms with Crippen LogP contribution in [0, 0.1) is 0 Å². The first-order chi connectivity index (χ1) is 19.0. The van der Waals surface area contributed by atoms with Crippen LogP contribution in [0.25, 0.3) is 0 Å². The number of nitrogens with one attached hydrogen (secondary N) is 1. The summed E-state index contributed by atoms with van der Waals surface area (Å²) in [6.07, 6.45) is -6.18. The maximum Gasteiger partial charge on any atom is 0.421 e. The Kier molecular flexibility index (Phi) is 10.4. The fourth-order valence-corrected chi connectivity index (χ4v) is 4.75. The van der Waals surface area contributed by atoms with Crippen LogP contribution in [0.15, 0.2) is 29.5 Å². The number of carbonyl (C=O) groups is 1. The standard InChI is InChI=1S/C25H34F6N6O3Si/c1-41(2,3)12-11-40-17-37-16-19(13-20(22(37)39)25(29,30)31)32-6-4-5-21(38)35-7-9-36(10-8-35)23-33-14-18(15-34-23)24(26,27)28/h13-16,32H,4-12,17H2,1-3H3. The third kappa shape index (κ3) is 9.73. The summed E-state index contributed by atoms with van der Waals surface area (Å²) >= 11 is 0. The van der Waals surface area contributed by atoms with E-state index in [4.69, 9.17) is 4.74 Å². The number of ether oxygens (including phenoxy) is 1. The molecule has 1 saturated heterocycles. The lowest BCUT2D eigenvalue weighted by Gasteiger charge is -2.34. The first-order valence-corrected chi connectivity index (χ1v) is 16.8. The van der Waals surface area contributed by atoms with Crippen molar-refractivity contribution in [2.45, 2.75) is 57.6 Å². The number of carbonyl (C=O) groups excluding carboxylic acids is 1. The molecule has 1 aliphatic rings. The zero-order chi connectivity index (χ0) is 30.4. The zero-order valence-electron chi connectivity index (χ0n) is 23.1. The minimum Gasteiger partial charge on any atom is -0.384 e. The molecule has 1 aliphatic heterocycles. The van der Waals surface area contributed by atoms with Crippen LogP contribution in [-0.4, -0.2) is 72.7 Å². The third-order valence-electron chi connectivity index (χ3n) is 6.40. The van der Waals surface area contributed by atoms with Crippen LogP contribution in [0.3, 0.4) is 0 Å². The van der Waals surface area contributed by atoms with E-state index in [0.717, 1.165) is 29.1 Å². The summed E-state index contributed by atoms with van der Waals surface area (Å²) < 4.78 is 84.9. The van der Waals surface area contributed by atoms with E-state index < -0.39 is 37.1 Å². The molecule has 1 N–H and O–H groups in total. The highest BCUT2D eigenvalue weighted by atomic mass is 28.3. The van der Waals surface area contributed by atoms with E-state index in [1.165, 1.54) is 6.20 Å². The average Bonchev–Trinajstić information content (AvgIpc) is 2.88. The predicted molar refractivity (Wildman–Crippen MR) is 143 cm³/mol. The number of pyridine rings is 1. The second kappa shape index (κ2) is 13.2. The number of piperazine rings is 1. The second-order valence-electron chi connectivity index (χ2n) is 10.9.